The van der Waals surface area contributed by atoms with Crippen LogP contribution in [0, 0.1) is 5.82 Å². The van der Waals surface area contributed by atoms with Crippen LogP contribution in [-0.4, -0.2) is 12.9 Å². The molecule has 1 N–H and O–H groups in total. The Morgan fingerprint density at radius 2 is 1.81 bits per heavy atom. The van der Waals surface area contributed by atoms with Gasteiger partial charge in [0.15, 0.2) is 5.78 Å². The Bertz CT molecular complexity index is 618. The summed E-state index contributed by atoms with van der Waals surface area (Å²) in [5.74, 6) is 0.359. The number of carbonyl (C=O) groups excluding carboxylic acids is 1. The van der Waals surface area contributed by atoms with Gasteiger partial charge in [-0.3, -0.25) is 4.79 Å². The van der Waals surface area contributed by atoms with Crippen LogP contribution in [0.2, 0.25) is 0 Å². The summed E-state index contributed by atoms with van der Waals surface area (Å²) in [7, 11) is 1.58. The van der Waals surface area contributed by atoms with E-state index < -0.39 is 0 Å². The van der Waals surface area contributed by atoms with Gasteiger partial charge >= 0.3 is 0 Å². The van der Waals surface area contributed by atoms with E-state index >= 15 is 0 Å². The fourth-order valence-electron chi connectivity index (χ4n) is 1.77. The zero-order valence-electron chi connectivity index (χ0n) is 11.7. The predicted molar refractivity (Wildman–Crippen MR) is 79.7 cm³/mol. The minimum absolute atomic E-state index is 0.0933. The highest BCUT2D eigenvalue weighted by Crippen LogP contribution is 2.11. The van der Waals surface area contributed by atoms with E-state index in [-0.39, 0.29) is 11.6 Å². The third-order valence-electron chi connectivity index (χ3n) is 2.95. The number of benzene rings is 2. The molecule has 0 bridgehead atoms. The van der Waals surface area contributed by atoms with Gasteiger partial charge in [-0.1, -0.05) is 12.1 Å². The van der Waals surface area contributed by atoms with Crippen molar-refractivity contribution in [2.24, 2.45) is 0 Å². The zero-order valence-corrected chi connectivity index (χ0v) is 11.7. The number of nitrogens with one attached hydrogen (secondary N) is 1. The molecule has 0 spiro atoms. The summed E-state index contributed by atoms with van der Waals surface area (Å²) in [6.45, 7) is 0.534. The number of methoxy groups -OCH3 is 1. The van der Waals surface area contributed by atoms with Crippen LogP contribution in [0.15, 0.2) is 60.8 Å². The van der Waals surface area contributed by atoms with E-state index in [0.29, 0.717) is 17.9 Å². The van der Waals surface area contributed by atoms with Gasteiger partial charge in [0.2, 0.25) is 0 Å². The molecule has 3 nitrogen and oxygen atoms in total. The minimum atomic E-state index is -0.260. The first kappa shape index (κ1) is 14.8. The standard InChI is InChI=1S/C17H16FNO2/c1-21-16-8-4-14(5-9-16)17(20)10-11-19-12-13-2-6-15(18)7-3-13/h2-11,19H,12H2,1H3/b11-10-. The number of allylic oxidation sites excluding steroid dienone is 1. The van der Waals surface area contributed by atoms with Crippen LogP contribution in [0.3, 0.4) is 0 Å². The zero-order chi connectivity index (χ0) is 15.1. The van der Waals surface area contributed by atoms with Crippen molar-refractivity contribution in [2.75, 3.05) is 7.11 Å². The van der Waals surface area contributed by atoms with E-state index in [1.54, 1.807) is 49.7 Å². The van der Waals surface area contributed by atoms with E-state index in [2.05, 4.69) is 5.32 Å². The summed E-state index contributed by atoms with van der Waals surface area (Å²) in [6, 6.07) is 13.1. The first-order chi connectivity index (χ1) is 10.2. The van der Waals surface area contributed by atoms with E-state index in [1.165, 1.54) is 18.2 Å². The van der Waals surface area contributed by atoms with Gasteiger partial charge in [-0.2, -0.15) is 0 Å². The van der Waals surface area contributed by atoms with Crippen LogP contribution >= 0.6 is 0 Å². The summed E-state index contributed by atoms with van der Waals surface area (Å²) in [6.07, 6.45) is 3.06. The lowest BCUT2D eigenvalue weighted by Crippen LogP contribution is -2.06. The van der Waals surface area contributed by atoms with E-state index in [0.717, 1.165) is 5.56 Å². The Balaban J connectivity index is 1.85. The summed E-state index contributed by atoms with van der Waals surface area (Å²) in [5, 5.41) is 3.00. The SMILES string of the molecule is COc1ccc(C(=O)/C=C\NCc2ccc(F)cc2)cc1. The van der Waals surface area contributed by atoms with Gasteiger partial charge in [-0.05, 0) is 42.0 Å². The number of hydrogen-bond donors (Lipinski definition) is 1. The van der Waals surface area contributed by atoms with Crippen LogP contribution in [0.5, 0.6) is 5.75 Å². The third-order valence-corrected chi connectivity index (χ3v) is 2.95. The van der Waals surface area contributed by atoms with E-state index in [4.69, 9.17) is 4.74 Å². The Morgan fingerprint density at radius 1 is 1.14 bits per heavy atom. The van der Waals surface area contributed by atoms with Crippen molar-refractivity contribution < 1.29 is 13.9 Å². The molecule has 0 saturated carbocycles. The van der Waals surface area contributed by atoms with Crippen LogP contribution in [0.1, 0.15) is 15.9 Å². The molecule has 0 aliphatic carbocycles. The Hall–Kier alpha value is -2.62. The first-order valence-electron chi connectivity index (χ1n) is 6.52. The fraction of sp³-hybridized carbons (Fsp3) is 0.118. The van der Waals surface area contributed by atoms with E-state index in [1.807, 2.05) is 0 Å². The predicted octanol–water partition coefficient (Wildman–Crippen LogP) is 3.32. The number of ether oxygens (including phenoxy) is 1. The molecule has 0 radical (unpaired) electrons. The molecule has 0 saturated heterocycles. The maximum atomic E-state index is 12.7. The summed E-state index contributed by atoms with van der Waals surface area (Å²) >= 11 is 0. The molecule has 0 aromatic heterocycles. The van der Waals surface area contributed by atoms with Crippen molar-refractivity contribution >= 4 is 5.78 Å². The number of hydrogen-bond acceptors (Lipinski definition) is 3. The number of rotatable bonds is 6. The maximum Gasteiger partial charge on any atom is 0.187 e. The van der Waals surface area contributed by atoms with Gasteiger partial charge in [0.25, 0.3) is 0 Å². The van der Waals surface area contributed by atoms with Crippen LogP contribution in [0.25, 0.3) is 0 Å². The highest BCUT2D eigenvalue weighted by molar-refractivity contribution is 6.04. The smallest absolute Gasteiger partial charge is 0.187 e. The molecule has 0 aliphatic rings. The van der Waals surface area contributed by atoms with Crippen LogP contribution in [-0.2, 0) is 6.54 Å². The van der Waals surface area contributed by atoms with Gasteiger partial charge in [-0.15, -0.1) is 0 Å². The normalized spacial score (nSPS) is 10.6. The van der Waals surface area contributed by atoms with Crippen LogP contribution in [0.4, 0.5) is 4.39 Å². The molecule has 0 heterocycles. The van der Waals surface area contributed by atoms with Gasteiger partial charge in [0, 0.05) is 24.4 Å². The van der Waals surface area contributed by atoms with Crippen molar-refractivity contribution in [3.05, 3.63) is 77.8 Å². The quantitative estimate of drug-likeness (QED) is 0.653. The molecule has 2 aromatic rings. The fourth-order valence-corrected chi connectivity index (χ4v) is 1.77. The van der Waals surface area contributed by atoms with Crippen molar-refractivity contribution in [1.29, 1.82) is 0 Å². The Kier molecular flexibility index (Phi) is 5.10. The lowest BCUT2D eigenvalue weighted by molar-refractivity contribution is 0.104. The first-order valence-corrected chi connectivity index (χ1v) is 6.52. The number of carbonyl (C=O) groups is 1. The lowest BCUT2D eigenvalue weighted by Gasteiger charge is -2.02. The summed E-state index contributed by atoms with van der Waals surface area (Å²) < 4.78 is 17.8. The molecule has 0 aliphatic heterocycles. The summed E-state index contributed by atoms with van der Waals surface area (Å²) in [5.41, 5.74) is 1.54. The van der Waals surface area contributed by atoms with E-state index in [9.17, 15) is 9.18 Å². The van der Waals surface area contributed by atoms with Gasteiger partial charge in [-0.25, -0.2) is 4.39 Å². The van der Waals surface area contributed by atoms with Crippen molar-refractivity contribution in [3.63, 3.8) is 0 Å². The second-order valence-electron chi connectivity index (χ2n) is 4.43. The Labute approximate surface area is 123 Å². The monoisotopic (exact) mass is 285 g/mol. The largest absolute Gasteiger partial charge is 0.497 e. The molecule has 2 aromatic carbocycles. The van der Waals surface area contributed by atoms with Gasteiger partial charge in [0.1, 0.15) is 11.6 Å². The third kappa shape index (κ3) is 4.45. The molecule has 0 unspecified atom stereocenters. The van der Waals surface area contributed by atoms with Crippen LogP contribution < -0.4 is 10.1 Å². The second kappa shape index (κ2) is 7.24. The molecular formula is C17H16FNO2. The molecule has 4 heteroatoms. The highest BCUT2D eigenvalue weighted by Gasteiger charge is 2.01. The van der Waals surface area contributed by atoms with Crippen molar-refractivity contribution in [2.45, 2.75) is 6.54 Å². The van der Waals surface area contributed by atoms with Gasteiger partial charge in [0.05, 0.1) is 7.11 Å². The molecule has 21 heavy (non-hydrogen) atoms. The average Bonchev–Trinajstić information content (AvgIpc) is 2.53. The topological polar surface area (TPSA) is 38.3 Å². The molecule has 108 valence electrons. The Morgan fingerprint density at radius 3 is 2.43 bits per heavy atom. The minimum Gasteiger partial charge on any atom is -0.497 e. The average molecular weight is 285 g/mol. The molecule has 2 rings (SSSR count). The number of ketones is 1. The number of halogens is 1. The molecule has 0 fully saturated rings. The maximum absolute atomic E-state index is 12.7. The highest BCUT2D eigenvalue weighted by atomic mass is 19.1. The summed E-state index contributed by atoms with van der Waals surface area (Å²) in [4.78, 5) is 11.9. The lowest BCUT2D eigenvalue weighted by atomic mass is 10.1. The molecule has 0 atom stereocenters. The molecular weight excluding hydrogens is 269 g/mol. The van der Waals surface area contributed by atoms with Crippen molar-refractivity contribution in [3.8, 4) is 5.75 Å². The molecule has 0 amide bonds. The second-order valence-corrected chi connectivity index (χ2v) is 4.43. The van der Waals surface area contributed by atoms with Gasteiger partial charge < -0.3 is 10.1 Å². The van der Waals surface area contributed by atoms with Crippen molar-refractivity contribution in [1.82, 2.24) is 5.32 Å².